The molecule has 0 aliphatic rings. The van der Waals surface area contributed by atoms with E-state index in [0.717, 1.165) is 39.7 Å². The summed E-state index contributed by atoms with van der Waals surface area (Å²) in [6.45, 7) is 4.12. The summed E-state index contributed by atoms with van der Waals surface area (Å²) in [4.78, 5) is 28.5. The predicted molar refractivity (Wildman–Crippen MR) is 152 cm³/mol. The van der Waals surface area contributed by atoms with E-state index in [9.17, 15) is 18.0 Å². The Labute approximate surface area is 225 Å². The number of sulfonamides is 1. The summed E-state index contributed by atoms with van der Waals surface area (Å²) >= 11 is 0. The van der Waals surface area contributed by atoms with E-state index in [2.05, 4.69) is 5.32 Å². The minimum Gasteiger partial charge on any atom is -0.497 e. The topological polar surface area (TPSA) is 96.0 Å². The van der Waals surface area contributed by atoms with Gasteiger partial charge in [0.05, 0.1) is 19.1 Å². The van der Waals surface area contributed by atoms with Gasteiger partial charge in [0.2, 0.25) is 21.8 Å². The molecule has 0 radical (unpaired) electrons. The van der Waals surface area contributed by atoms with Crippen LogP contribution in [0, 0.1) is 0 Å². The Morgan fingerprint density at radius 2 is 1.66 bits per heavy atom. The number of carbonyl (C=O) groups excluding carboxylic acids is 2. The molecule has 3 rings (SSSR count). The number of nitrogens with zero attached hydrogens (tertiary/aromatic N) is 2. The molecular weight excluding hydrogens is 502 g/mol. The maximum absolute atomic E-state index is 13.9. The van der Waals surface area contributed by atoms with Crippen LogP contribution in [0.25, 0.3) is 10.8 Å². The largest absolute Gasteiger partial charge is 0.497 e. The lowest BCUT2D eigenvalue weighted by molar-refractivity contribution is -0.140. The highest BCUT2D eigenvalue weighted by Gasteiger charge is 2.32. The van der Waals surface area contributed by atoms with Gasteiger partial charge in [-0.2, -0.15) is 0 Å². The van der Waals surface area contributed by atoms with Crippen LogP contribution in [0.15, 0.2) is 66.7 Å². The Hall–Kier alpha value is -3.59. The number of unbranched alkanes of at least 4 members (excludes halogenated alkanes) is 1. The van der Waals surface area contributed by atoms with E-state index in [0.29, 0.717) is 24.4 Å². The van der Waals surface area contributed by atoms with Crippen molar-refractivity contribution in [3.8, 4) is 5.75 Å². The fraction of sp³-hybridized carbons (Fsp3) is 0.379. The van der Waals surface area contributed by atoms with Gasteiger partial charge in [0.25, 0.3) is 0 Å². The Kier molecular flexibility index (Phi) is 10.1. The highest BCUT2D eigenvalue weighted by molar-refractivity contribution is 7.92. The Balaban J connectivity index is 1.98. The maximum Gasteiger partial charge on any atom is 0.244 e. The van der Waals surface area contributed by atoms with Crippen LogP contribution in [0.1, 0.15) is 38.7 Å². The first kappa shape index (κ1) is 29.0. The van der Waals surface area contributed by atoms with Crippen LogP contribution in [-0.4, -0.2) is 57.6 Å². The lowest BCUT2D eigenvalue weighted by Gasteiger charge is -2.33. The molecule has 1 atom stereocenters. The third-order valence-electron chi connectivity index (χ3n) is 6.44. The normalized spacial score (nSPS) is 12.1. The van der Waals surface area contributed by atoms with Gasteiger partial charge in [0.15, 0.2) is 0 Å². The van der Waals surface area contributed by atoms with Crippen molar-refractivity contribution in [3.63, 3.8) is 0 Å². The van der Waals surface area contributed by atoms with Crippen LogP contribution in [0.3, 0.4) is 0 Å². The monoisotopic (exact) mass is 539 g/mol. The standard InChI is InChI=1S/C29H37N3O5S/c1-5-7-19-30-29(34)26(6-2)31(20-22-15-17-24(37-3)18-16-22)28(33)21-32(38(4,35)36)27-14-10-12-23-11-8-9-13-25(23)27/h8-18,26H,5-7,19-21H2,1-4H3,(H,30,34). The number of hydrogen-bond acceptors (Lipinski definition) is 5. The van der Waals surface area contributed by atoms with Gasteiger partial charge in [0, 0.05) is 18.5 Å². The van der Waals surface area contributed by atoms with Crippen molar-refractivity contribution in [2.45, 2.75) is 45.7 Å². The first-order valence-electron chi connectivity index (χ1n) is 12.8. The zero-order valence-electron chi connectivity index (χ0n) is 22.5. The summed E-state index contributed by atoms with van der Waals surface area (Å²) in [5.41, 5.74) is 1.22. The number of amides is 2. The van der Waals surface area contributed by atoms with E-state index < -0.39 is 28.5 Å². The molecule has 0 saturated heterocycles. The smallest absolute Gasteiger partial charge is 0.244 e. The second-order valence-electron chi connectivity index (χ2n) is 9.21. The molecule has 2 amide bonds. The average molecular weight is 540 g/mol. The number of benzene rings is 3. The zero-order valence-corrected chi connectivity index (χ0v) is 23.3. The summed E-state index contributed by atoms with van der Waals surface area (Å²) < 4.78 is 32.3. The molecule has 0 aliphatic heterocycles. The van der Waals surface area contributed by atoms with Gasteiger partial charge in [-0.1, -0.05) is 68.8 Å². The second-order valence-corrected chi connectivity index (χ2v) is 11.1. The molecule has 0 fully saturated rings. The molecule has 1 unspecified atom stereocenters. The van der Waals surface area contributed by atoms with Gasteiger partial charge < -0.3 is 15.0 Å². The molecule has 38 heavy (non-hydrogen) atoms. The zero-order chi connectivity index (χ0) is 27.7. The van der Waals surface area contributed by atoms with Gasteiger partial charge in [-0.3, -0.25) is 13.9 Å². The van der Waals surface area contributed by atoms with E-state index in [1.165, 1.54) is 4.90 Å². The quantitative estimate of drug-likeness (QED) is 0.326. The van der Waals surface area contributed by atoms with Crippen LogP contribution in [-0.2, 0) is 26.2 Å². The lowest BCUT2D eigenvalue weighted by Crippen LogP contribution is -2.52. The third kappa shape index (κ3) is 7.25. The maximum atomic E-state index is 13.9. The van der Waals surface area contributed by atoms with E-state index in [1.807, 2.05) is 56.3 Å². The van der Waals surface area contributed by atoms with Crippen LogP contribution in [0.5, 0.6) is 5.75 Å². The molecule has 204 valence electrons. The van der Waals surface area contributed by atoms with Crippen molar-refractivity contribution >= 4 is 38.3 Å². The summed E-state index contributed by atoms with van der Waals surface area (Å²) in [6.07, 6.45) is 3.23. The second kappa shape index (κ2) is 13.3. The van der Waals surface area contributed by atoms with Gasteiger partial charge >= 0.3 is 0 Å². The molecule has 3 aromatic carbocycles. The number of methoxy groups -OCH3 is 1. The first-order chi connectivity index (χ1) is 18.2. The van der Waals surface area contributed by atoms with E-state index in [4.69, 9.17) is 4.74 Å². The molecule has 0 spiro atoms. The molecule has 0 aromatic heterocycles. The molecular formula is C29H37N3O5S. The highest BCUT2D eigenvalue weighted by Crippen LogP contribution is 2.29. The molecule has 0 bridgehead atoms. The van der Waals surface area contributed by atoms with Crippen molar-refractivity contribution in [3.05, 3.63) is 72.3 Å². The van der Waals surface area contributed by atoms with E-state index in [-0.39, 0.29) is 12.5 Å². The van der Waals surface area contributed by atoms with Crippen molar-refractivity contribution in [1.29, 1.82) is 0 Å². The molecule has 0 aliphatic carbocycles. The summed E-state index contributed by atoms with van der Waals surface area (Å²) in [5.74, 6) is -0.0364. The SMILES string of the molecule is CCCCNC(=O)C(CC)N(Cc1ccc(OC)cc1)C(=O)CN(c1cccc2ccccc12)S(C)(=O)=O. The van der Waals surface area contributed by atoms with Crippen LogP contribution in [0.4, 0.5) is 5.69 Å². The first-order valence-corrected chi connectivity index (χ1v) is 14.7. The average Bonchev–Trinajstić information content (AvgIpc) is 2.91. The number of nitrogens with one attached hydrogen (secondary N) is 1. The van der Waals surface area contributed by atoms with Crippen molar-refractivity contribution in [2.75, 3.05) is 30.8 Å². The number of fused-ring (bicyclic) bond motifs is 1. The molecule has 8 nitrogen and oxygen atoms in total. The van der Waals surface area contributed by atoms with Crippen molar-refractivity contribution in [2.24, 2.45) is 0 Å². The van der Waals surface area contributed by atoms with E-state index >= 15 is 0 Å². The summed E-state index contributed by atoms with van der Waals surface area (Å²) in [6, 6.07) is 19.3. The molecule has 0 heterocycles. The molecule has 0 saturated carbocycles. The van der Waals surface area contributed by atoms with Crippen molar-refractivity contribution < 1.29 is 22.7 Å². The van der Waals surface area contributed by atoms with Crippen LogP contribution < -0.4 is 14.4 Å². The number of anilines is 1. The highest BCUT2D eigenvalue weighted by atomic mass is 32.2. The summed E-state index contributed by atoms with van der Waals surface area (Å²) in [5, 5.41) is 4.51. The van der Waals surface area contributed by atoms with Crippen LogP contribution in [0.2, 0.25) is 0 Å². The number of rotatable bonds is 13. The van der Waals surface area contributed by atoms with Gasteiger partial charge in [0.1, 0.15) is 18.3 Å². The Morgan fingerprint density at radius 1 is 0.974 bits per heavy atom. The fourth-order valence-corrected chi connectivity index (χ4v) is 5.24. The van der Waals surface area contributed by atoms with E-state index in [1.54, 1.807) is 31.4 Å². The summed E-state index contributed by atoms with van der Waals surface area (Å²) in [7, 11) is -2.25. The predicted octanol–water partition coefficient (Wildman–Crippen LogP) is 4.34. The number of ether oxygens (including phenoxy) is 1. The van der Waals surface area contributed by atoms with Gasteiger partial charge in [-0.05, 0) is 42.0 Å². The molecule has 3 aromatic rings. The molecule has 1 N–H and O–H groups in total. The van der Waals surface area contributed by atoms with Gasteiger partial charge in [-0.15, -0.1) is 0 Å². The third-order valence-corrected chi connectivity index (χ3v) is 7.57. The van der Waals surface area contributed by atoms with Gasteiger partial charge in [-0.25, -0.2) is 8.42 Å². The van der Waals surface area contributed by atoms with Crippen molar-refractivity contribution in [1.82, 2.24) is 10.2 Å². The Morgan fingerprint density at radius 3 is 2.29 bits per heavy atom. The number of carbonyl (C=O) groups is 2. The Bertz CT molecular complexity index is 1340. The number of hydrogen-bond donors (Lipinski definition) is 1. The minimum atomic E-state index is -3.82. The lowest BCUT2D eigenvalue weighted by atomic mass is 10.1. The minimum absolute atomic E-state index is 0.148. The van der Waals surface area contributed by atoms with Crippen LogP contribution >= 0.6 is 0 Å². The fourth-order valence-electron chi connectivity index (χ4n) is 4.37. The molecule has 9 heteroatoms.